The van der Waals surface area contributed by atoms with Crippen molar-refractivity contribution in [2.24, 2.45) is 11.7 Å². The first-order valence-electron chi connectivity index (χ1n) is 10.8. The highest BCUT2D eigenvalue weighted by molar-refractivity contribution is 5.94. The second-order valence-corrected chi connectivity index (χ2v) is 8.41. The van der Waals surface area contributed by atoms with Crippen LogP contribution in [-0.4, -0.2) is 80.9 Å². The van der Waals surface area contributed by atoms with Crippen LogP contribution < -0.4 is 21.7 Å². The Kier molecular flexibility index (Phi) is 11.6. The molecule has 0 aliphatic carbocycles. The number of aliphatic carboxylic acids is 2. The van der Waals surface area contributed by atoms with Crippen molar-refractivity contribution in [1.29, 1.82) is 0 Å². The number of phenols is 1. The monoisotopic (exact) mass is 496 g/mol. The second kappa shape index (κ2) is 13.9. The van der Waals surface area contributed by atoms with Crippen LogP contribution in [0.15, 0.2) is 24.3 Å². The zero-order valence-corrected chi connectivity index (χ0v) is 19.4. The maximum absolute atomic E-state index is 13.0. The third-order valence-electron chi connectivity index (χ3n) is 4.88. The molecule has 0 heterocycles. The van der Waals surface area contributed by atoms with Crippen LogP contribution >= 0.6 is 0 Å². The molecule has 0 bridgehead atoms. The summed E-state index contributed by atoms with van der Waals surface area (Å²) in [4.78, 5) is 60.4. The van der Waals surface area contributed by atoms with Gasteiger partial charge >= 0.3 is 11.9 Å². The molecule has 4 atom stereocenters. The Hall–Kier alpha value is -3.71. The number of hydrogen-bond acceptors (Lipinski definition) is 8. The number of hydrogen-bond donors (Lipinski definition) is 8. The summed E-state index contributed by atoms with van der Waals surface area (Å²) >= 11 is 0. The van der Waals surface area contributed by atoms with E-state index in [4.69, 9.17) is 15.9 Å². The van der Waals surface area contributed by atoms with Crippen LogP contribution in [0.1, 0.15) is 32.3 Å². The number of aliphatic hydroxyl groups is 1. The molecule has 0 radical (unpaired) electrons. The van der Waals surface area contributed by atoms with Crippen molar-refractivity contribution in [3.8, 4) is 5.75 Å². The van der Waals surface area contributed by atoms with Crippen molar-refractivity contribution >= 4 is 29.7 Å². The minimum absolute atomic E-state index is 0.0360. The quantitative estimate of drug-likeness (QED) is 0.146. The Morgan fingerprint density at radius 2 is 1.37 bits per heavy atom. The first kappa shape index (κ1) is 29.3. The Morgan fingerprint density at radius 1 is 0.857 bits per heavy atom. The minimum atomic E-state index is -1.74. The lowest BCUT2D eigenvalue weighted by Crippen LogP contribution is -2.58. The third kappa shape index (κ3) is 10.4. The predicted molar refractivity (Wildman–Crippen MR) is 122 cm³/mol. The van der Waals surface area contributed by atoms with Gasteiger partial charge in [0.2, 0.25) is 17.7 Å². The predicted octanol–water partition coefficient (Wildman–Crippen LogP) is -1.69. The van der Waals surface area contributed by atoms with E-state index in [-0.39, 0.29) is 24.5 Å². The van der Waals surface area contributed by atoms with Gasteiger partial charge in [-0.15, -0.1) is 0 Å². The van der Waals surface area contributed by atoms with Gasteiger partial charge in [0.15, 0.2) is 0 Å². The smallest absolute Gasteiger partial charge is 0.326 e. The molecule has 0 spiro atoms. The summed E-state index contributed by atoms with van der Waals surface area (Å²) in [5, 5.41) is 43.7. The van der Waals surface area contributed by atoms with Crippen LogP contribution in [0.4, 0.5) is 0 Å². The lowest BCUT2D eigenvalue weighted by Gasteiger charge is -2.26. The topological polar surface area (TPSA) is 228 Å². The van der Waals surface area contributed by atoms with Gasteiger partial charge in [0.1, 0.15) is 29.9 Å². The van der Waals surface area contributed by atoms with Crippen LogP contribution in [0.2, 0.25) is 0 Å². The molecule has 3 amide bonds. The molecule has 13 nitrogen and oxygen atoms in total. The highest BCUT2D eigenvalue weighted by Crippen LogP contribution is 2.13. The highest BCUT2D eigenvalue weighted by atomic mass is 16.4. The Morgan fingerprint density at radius 3 is 1.86 bits per heavy atom. The molecule has 1 aromatic rings. The van der Waals surface area contributed by atoms with E-state index < -0.39 is 66.9 Å². The van der Waals surface area contributed by atoms with E-state index in [1.165, 1.54) is 24.3 Å². The van der Waals surface area contributed by atoms with Crippen molar-refractivity contribution in [3.63, 3.8) is 0 Å². The molecule has 13 heteroatoms. The summed E-state index contributed by atoms with van der Waals surface area (Å²) in [6.45, 7) is 2.94. The molecule has 0 saturated carbocycles. The molecule has 0 aliphatic rings. The molecule has 4 unspecified atom stereocenters. The van der Waals surface area contributed by atoms with Gasteiger partial charge < -0.3 is 42.1 Å². The number of carboxylic acid groups (broad SMARTS) is 2. The molecule has 194 valence electrons. The maximum Gasteiger partial charge on any atom is 0.326 e. The summed E-state index contributed by atoms with van der Waals surface area (Å²) in [5.41, 5.74) is 6.00. The number of nitrogens with two attached hydrogens (primary N) is 1. The van der Waals surface area contributed by atoms with Crippen LogP contribution in [0, 0.1) is 5.92 Å². The van der Waals surface area contributed by atoms with Crippen molar-refractivity contribution in [2.45, 2.75) is 57.3 Å². The lowest BCUT2D eigenvalue weighted by atomic mass is 10.0. The van der Waals surface area contributed by atoms with Gasteiger partial charge in [0, 0.05) is 6.42 Å². The number of aromatic hydroxyl groups is 1. The number of amides is 3. The minimum Gasteiger partial charge on any atom is -0.508 e. The largest absolute Gasteiger partial charge is 0.508 e. The average Bonchev–Trinajstić information content (AvgIpc) is 2.77. The number of rotatable bonds is 14. The van der Waals surface area contributed by atoms with Gasteiger partial charge in [0.25, 0.3) is 0 Å². The van der Waals surface area contributed by atoms with Crippen molar-refractivity contribution in [3.05, 3.63) is 29.8 Å². The van der Waals surface area contributed by atoms with Gasteiger partial charge in [-0.3, -0.25) is 19.2 Å². The van der Waals surface area contributed by atoms with Crippen LogP contribution in [0.25, 0.3) is 0 Å². The number of phenolic OH excluding ortho intramolecular Hbond substituents is 1. The summed E-state index contributed by atoms with van der Waals surface area (Å²) in [6, 6.07) is 0.213. The molecular weight excluding hydrogens is 464 g/mol. The molecule has 0 saturated heterocycles. The first-order chi connectivity index (χ1) is 16.3. The van der Waals surface area contributed by atoms with E-state index in [9.17, 15) is 34.2 Å². The van der Waals surface area contributed by atoms with E-state index >= 15 is 0 Å². The molecule has 0 aliphatic heterocycles. The van der Waals surface area contributed by atoms with Gasteiger partial charge in [0.05, 0.1) is 13.0 Å². The van der Waals surface area contributed by atoms with Crippen molar-refractivity contribution in [2.75, 3.05) is 6.61 Å². The molecule has 0 aromatic heterocycles. The summed E-state index contributed by atoms with van der Waals surface area (Å²) < 4.78 is 0. The number of aliphatic hydroxyl groups excluding tert-OH is 1. The molecule has 1 aromatic carbocycles. The highest BCUT2D eigenvalue weighted by Gasteiger charge is 2.31. The molecular formula is C22H32N4O9. The fourth-order valence-corrected chi connectivity index (χ4v) is 3.06. The Labute approximate surface area is 201 Å². The Bertz CT molecular complexity index is 905. The standard InChI is InChI=1S/C22H32N4O9/c1-11(2)7-15(24-19(31)14(23)10-27)20(32)25-16(8-12-3-5-13(28)6-4-12)21(33)26-17(22(34)35)9-18(29)30/h3-6,11,14-17,27-28H,7-10,23H2,1-2H3,(H,24,31)(H,25,32)(H,26,33)(H,29,30)(H,34,35). The lowest BCUT2D eigenvalue weighted by molar-refractivity contribution is -0.147. The molecule has 0 fully saturated rings. The fraction of sp³-hybridized carbons (Fsp3) is 0.500. The van der Waals surface area contributed by atoms with Gasteiger partial charge in [-0.25, -0.2) is 4.79 Å². The summed E-state index contributed by atoms with van der Waals surface area (Å²) in [6.07, 6.45) is -0.845. The molecule has 9 N–H and O–H groups in total. The number of carbonyl (C=O) groups excluding carboxylic acids is 3. The fourth-order valence-electron chi connectivity index (χ4n) is 3.06. The average molecular weight is 497 g/mol. The van der Waals surface area contributed by atoms with Crippen LogP contribution in [0.3, 0.4) is 0 Å². The normalized spacial score (nSPS) is 14.3. The van der Waals surface area contributed by atoms with Crippen LogP contribution in [-0.2, 0) is 30.4 Å². The van der Waals surface area contributed by atoms with Crippen molar-refractivity contribution in [1.82, 2.24) is 16.0 Å². The van der Waals surface area contributed by atoms with Gasteiger partial charge in [-0.05, 0) is 30.0 Å². The number of carbonyl (C=O) groups is 5. The first-order valence-corrected chi connectivity index (χ1v) is 10.8. The summed E-state index contributed by atoms with van der Waals surface area (Å²) in [5.74, 6) is -5.61. The van der Waals surface area contributed by atoms with E-state index in [1.807, 2.05) is 0 Å². The van der Waals surface area contributed by atoms with E-state index in [0.717, 1.165) is 0 Å². The SMILES string of the molecule is CC(C)CC(NC(=O)C(N)CO)C(=O)NC(Cc1ccc(O)cc1)C(=O)NC(CC(=O)O)C(=O)O. The van der Waals surface area contributed by atoms with Gasteiger partial charge in [-0.2, -0.15) is 0 Å². The second-order valence-electron chi connectivity index (χ2n) is 8.41. The van der Waals surface area contributed by atoms with Crippen LogP contribution in [0.5, 0.6) is 5.75 Å². The number of benzene rings is 1. The molecule has 35 heavy (non-hydrogen) atoms. The van der Waals surface area contributed by atoms with Crippen molar-refractivity contribution < 1.29 is 44.4 Å². The molecule has 1 rings (SSSR count). The summed E-state index contributed by atoms with van der Waals surface area (Å²) in [7, 11) is 0. The maximum atomic E-state index is 13.0. The van der Waals surface area contributed by atoms with E-state index in [2.05, 4.69) is 16.0 Å². The van der Waals surface area contributed by atoms with E-state index in [0.29, 0.717) is 5.56 Å². The zero-order valence-electron chi connectivity index (χ0n) is 19.4. The number of nitrogens with one attached hydrogen (secondary N) is 3. The number of carboxylic acids is 2. The van der Waals surface area contributed by atoms with Gasteiger partial charge in [-0.1, -0.05) is 26.0 Å². The third-order valence-corrected chi connectivity index (χ3v) is 4.88. The van der Waals surface area contributed by atoms with E-state index in [1.54, 1.807) is 13.8 Å². The zero-order chi connectivity index (χ0) is 26.7. The Balaban J connectivity index is 3.16.